The number of aryl methyl sites for hydroxylation is 3. The molecule has 0 atom stereocenters. The largest absolute Gasteiger partial charge is 0.350 e. The Kier molecular flexibility index (Phi) is 5.38. The number of aromatic nitrogens is 4. The van der Waals surface area contributed by atoms with Crippen molar-refractivity contribution in [3.63, 3.8) is 0 Å². The van der Waals surface area contributed by atoms with Crippen molar-refractivity contribution in [2.75, 3.05) is 11.9 Å². The predicted molar refractivity (Wildman–Crippen MR) is 91.0 cm³/mol. The van der Waals surface area contributed by atoms with Gasteiger partial charge in [0.1, 0.15) is 0 Å². The van der Waals surface area contributed by atoms with Crippen LogP contribution in [-0.2, 0) is 13.6 Å². The van der Waals surface area contributed by atoms with Gasteiger partial charge in [-0.3, -0.25) is 19.0 Å². The molecular formula is C16H24N6O2. The highest BCUT2D eigenvalue weighted by atomic mass is 16.2. The number of carbonyl (C=O) groups excluding carboxylic acids is 2. The standard InChI is InChI=1S/C16H24N6O2/c1-6-22-9-13(14(20-22)16(24)17-8-10(2)3)18-15(23)12-7-11(4)21(5)19-12/h7,9-10H,6,8H2,1-5H3,(H,17,24)(H,18,23). The maximum atomic E-state index is 12.4. The van der Waals surface area contributed by atoms with Crippen LogP contribution in [0.25, 0.3) is 0 Å². The predicted octanol–water partition coefficient (Wildman–Crippen LogP) is 1.58. The molecule has 0 aromatic carbocycles. The highest BCUT2D eigenvalue weighted by Gasteiger charge is 2.20. The summed E-state index contributed by atoms with van der Waals surface area (Å²) in [6, 6.07) is 1.69. The van der Waals surface area contributed by atoms with Gasteiger partial charge in [0.2, 0.25) is 0 Å². The Balaban J connectivity index is 2.20. The van der Waals surface area contributed by atoms with E-state index in [4.69, 9.17) is 0 Å². The lowest BCUT2D eigenvalue weighted by atomic mass is 10.2. The van der Waals surface area contributed by atoms with Gasteiger partial charge in [0, 0.05) is 32.0 Å². The van der Waals surface area contributed by atoms with E-state index in [-0.39, 0.29) is 17.5 Å². The Morgan fingerprint density at radius 3 is 2.50 bits per heavy atom. The second-order valence-electron chi connectivity index (χ2n) is 6.10. The maximum absolute atomic E-state index is 12.4. The van der Waals surface area contributed by atoms with Gasteiger partial charge < -0.3 is 10.6 Å². The lowest BCUT2D eigenvalue weighted by Crippen LogP contribution is -2.28. The molecule has 0 unspecified atom stereocenters. The third-order valence-electron chi connectivity index (χ3n) is 3.57. The van der Waals surface area contributed by atoms with Crippen molar-refractivity contribution in [2.24, 2.45) is 13.0 Å². The van der Waals surface area contributed by atoms with Gasteiger partial charge in [-0.1, -0.05) is 13.8 Å². The third kappa shape index (κ3) is 4.01. The summed E-state index contributed by atoms with van der Waals surface area (Å²) in [6.07, 6.45) is 1.65. The molecule has 0 fully saturated rings. The molecule has 2 heterocycles. The van der Waals surface area contributed by atoms with Crippen LogP contribution >= 0.6 is 0 Å². The maximum Gasteiger partial charge on any atom is 0.276 e. The monoisotopic (exact) mass is 332 g/mol. The summed E-state index contributed by atoms with van der Waals surface area (Å²) in [5.41, 5.74) is 1.76. The van der Waals surface area contributed by atoms with Crippen LogP contribution in [0.2, 0.25) is 0 Å². The van der Waals surface area contributed by atoms with Crippen molar-refractivity contribution in [3.8, 4) is 0 Å². The van der Waals surface area contributed by atoms with Crippen LogP contribution in [0.5, 0.6) is 0 Å². The minimum absolute atomic E-state index is 0.207. The molecule has 130 valence electrons. The summed E-state index contributed by atoms with van der Waals surface area (Å²) < 4.78 is 3.24. The average molecular weight is 332 g/mol. The van der Waals surface area contributed by atoms with Crippen LogP contribution in [0.4, 0.5) is 5.69 Å². The molecular weight excluding hydrogens is 308 g/mol. The molecule has 2 aromatic rings. The van der Waals surface area contributed by atoms with Crippen molar-refractivity contribution >= 4 is 17.5 Å². The quantitative estimate of drug-likeness (QED) is 0.840. The molecule has 0 bridgehead atoms. The molecule has 2 aromatic heterocycles. The summed E-state index contributed by atoms with van der Waals surface area (Å²) in [5.74, 6) is -0.340. The van der Waals surface area contributed by atoms with Gasteiger partial charge in [-0.2, -0.15) is 10.2 Å². The highest BCUT2D eigenvalue weighted by Crippen LogP contribution is 2.15. The molecule has 0 aliphatic rings. The van der Waals surface area contributed by atoms with Crippen molar-refractivity contribution in [2.45, 2.75) is 34.2 Å². The molecule has 0 aliphatic heterocycles. The average Bonchev–Trinajstić information content (AvgIpc) is 3.08. The number of hydrogen-bond donors (Lipinski definition) is 2. The normalized spacial score (nSPS) is 10.9. The van der Waals surface area contributed by atoms with E-state index in [1.165, 1.54) is 0 Å². The van der Waals surface area contributed by atoms with E-state index in [1.54, 1.807) is 28.7 Å². The van der Waals surface area contributed by atoms with E-state index < -0.39 is 0 Å². The van der Waals surface area contributed by atoms with Crippen LogP contribution in [-0.4, -0.2) is 37.9 Å². The fraction of sp³-hybridized carbons (Fsp3) is 0.500. The van der Waals surface area contributed by atoms with Gasteiger partial charge in [-0.15, -0.1) is 0 Å². The first-order valence-corrected chi connectivity index (χ1v) is 7.99. The zero-order valence-corrected chi connectivity index (χ0v) is 14.8. The van der Waals surface area contributed by atoms with Crippen LogP contribution in [0.15, 0.2) is 12.3 Å². The summed E-state index contributed by atoms with van der Waals surface area (Å²) in [7, 11) is 1.77. The molecule has 0 spiro atoms. The van der Waals surface area contributed by atoms with Crippen LogP contribution in [0.1, 0.15) is 47.4 Å². The van der Waals surface area contributed by atoms with E-state index in [9.17, 15) is 9.59 Å². The van der Waals surface area contributed by atoms with E-state index in [0.29, 0.717) is 30.4 Å². The minimum atomic E-state index is -0.368. The number of rotatable bonds is 6. The van der Waals surface area contributed by atoms with Crippen molar-refractivity contribution in [1.82, 2.24) is 24.9 Å². The number of amides is 2. The first kappa shape index (κ1) is 17.7. The summed E-state index contributed by atoms with van der Waals surface area (Å²) in [5, 5.41) is 13.9. The molecule has 0 saturated carbocycles. The Hall–Kier alpha value is -2.64. The molecule has 0 aliphatic carbocycles. The van der Waals surface area contributed by atoms with Crippen LogP contribution in [0, 0.1) is 12.8 Å². The van der Waals surface area contributed by atoms with E-state index in [2.05, 4.69) is 20.8 Å². The second-order valence-corrected chi connectivity index (χ2v) is 6.10. The Morgan fingerprint density at radius 1 is 1.25 bits per heavy atom. The van der Waals surface area contributed by atoms with E-state index >= 15 is 0 Å². The molecule has 8 heteroatoms. The van der Waals surface area contributed by atoms with Gasteiger partial charge in [0.15, 0.2) is 11.4 Å². The molecule has 0 saturated heterocycles. The number of nitrogens with one attached hydrogen (secondary N) is 2. The zero-order valence-electron chi connectivity index (χ0n) is 14.8. The Morgan fingerprint density at radius 2 is 1.96 bits per heavy atom. The molecule has 8 nitrogen and oxygen atoms in total. The number of carbonyl (C=O) groups is 2. The van der Waals surface area contributed by atoms with Crippen molar-refractivity contribution in [3.05, 3.63) is 29.3 Å². The van der Waals surface area contributed by atoms with Gasteiger partial charge in [-0.25, -0.2) is 0 Å². The minimum Gasteiger partial charge on any atom is -0.350 e. The van der Waals surface area contributed by atoms with Crippen molar-refractivity contribution in [1.29, 1.82) is 0 Å². The SMILES string of the molecule is CCn1cc(NC(=O)c2cc(C)n(C)n2)c(C(=O)NCC(C)C)n1. The Labute approximate surface area is 141 Å². The van der Waals surface area contributed by atoms with Crippen LogP contribution in [0.3, 0.4) is 0 Å². The molecule has 2 N–H and O–H groups in total. The number of hydrogen-bond acceptors (Lipinski definition) is 4. The molecule has 2 amide bonds. The topological polar surface area (TPSA) is 93.8 Å². The van der Waals surface area contributed by atoms with Gasteiger partial charge >= 0.3 is 0 Å². The third-order valence-corrected chi connectivity index (χ3v) is 3.57. The van der Waals surface area contributed by atoms with Gasteiger partial charge in [0.05, 0.1) is 5.69 Å². The second kappa shape index (κ2) is 7.29. The summed E-state index contributed by atoms with van der Waals surface area (Å²) >= 11 is 0. The summed E-state index contributed by atoms with van der Waals surface area (Å²) in [6.45, 7) is 8.95. The van der Waals surface area contributed by atoms with Gasteiger partial charge in [0.25, 0.3) is 11.8 Å². The molecule has 24 heavy (non-hydrogen) atoms. The lowest BCUT2D eigenvalue weighted by molar-refractivity contribution is 0.0944. The van der Waals surface area contributed by atoms with Crippen LogP contribution < -0.4 is 10.6 Å². The fourth-order valence-electron chi connectivity index (χ4n) is 2.08. The Bertz CT molecular complexity index is 724. The van der Waals surface area contributed by atoms with E-state index in [1.807, 2.05) is 27.7 Å². The number of anilines is 1. The molecule has 2 rings (SSSR count). The first-order chi connectivity index (χ1) is 11.3. The lowest BCUT2D eigenvalue weighted by Gasteiger charge is -2.07. The smallest absolute Gasteiger partial charge is 0.276 e. The molecule has 0 radical (unpaired) electrons. The van der Waals surface area contributed by atoms with E-state index in [0.717, 1.165) is 5.69 Å². The van der Waals surface area contributed by atoms with Gasteiger partial charge in [-0.05, 0) is 25.8 Å². The first-order valence-electron chi connectivity index (χ1n) is 7.99. The fourth-order valence-corrected chi connectivity index (χ4v) is 2.08. The zero-order chi connectivity index (χ0) is 17.9. The highest BCUT2D eigenvalue weighted by molar-refractivity contribution is 6.07. The summed E-state index contributed by atoms with van der Waals surface area (Å²) in [4.78, 5) is 24.7. The number of nitrogens with zero attached hydrogens (tertiary/aromatic N) is 4. The van der Waals surface area contributed by atoms with Crippen molar-refractivity contribution < 1.29 is 9.59 Å².